The molecule has 2 fully saturated rings. The molecule has 3 N–H and O–H groups in total. The minimum atomic E-state index is -0.700. The van der Waals surface area contributed by atoms with Crippen molar-refractivity contribution in [2.45, 2.75) is 58.0 Å². The van der Waals surface area contributed by atoms with Crippen LogP contribution in [0.5, 0.6) is 0 Å². The van der Waals surface area contributed by atoms with Crippen LogP contribution in [-0.2, 0) is 4.79 Å². The summed E-state index contributed by atoms with van der Waals surface area (Å²) >= 11 is 0. The molecule has 5 heteroatoms. The van der Waals surface area contributed by atoms with Gasteiger partial charge in [-0.05, 0) is 46.0 Å². The largest absolute Gasteiger partial charge is 0.409 e. The Morgan fingerprint density at radius 2 is 1.88 bits per heavy atom. The van der Waals surface area contributed by atoms with E-state index < -0.39 is 5.41 Å². The van der Waals surface area contributed by atoms with Gasteiger partial charge in [-0.3, -0.25) is 4.79 Å². The zero-order valence-electron chi connectivity index (χ0n) is 10.5. The molecule has 0 radical (unpaired) electrons. The molecule has 17 heavy (non-hydrogen) atoms. The molecule has 1 saturated carbocycles. The Morgan fingerprint density at radius 1 is 1.35 bits per heavy atom. The summed E-state index contributed by atoms with van der Waals surface area (Å²) < 4.78 is 0. The van der Waals surface area contributed by atoms with Crippen LogP contribution in [0.1, 0.15) is 46.0 Å². The summed E-state index contributed by atoms with van der Waals surface area (Å²) in [6, 6.07) is 0.519. The second-order valence-corrected chi connectivity index (χ2v) is 5.41. The molecular weight excluding hydrogens is 218 g/mol. The van der Waals surface area contributed by atoms with Crippen LogP contribution in [0.2, 0.25) is 0 Å². The number of carbonyl (C=O) groups excluding carboxylic acids is 1. The van der Waals surface area contributed by atoms with Crippen molar-refractivity contribution in [3.63, 3.8) is 0 Å². The molecule has 2 unspecified atom stereocenters. The summed E-state index contributed by atoms with van der Waals surface area (Å²) in [5, 5.41) is 11.8. The van der Waals surface area contributed by atoms with Gasteiger partial charge in [-0.15, -0.1) is 0 Å². The number of nitrogens with zero attached hydrogens (tertiary/aromatic N) is 2. The van der Waals surface area contributed by atoms with Crippen molar-refractivity contribution < 1.29 is 10.0 Å². The number of hydrogen-bond acceptors (Lipinski definition) is 3. The van der Waals surface area contributed by atoms with E-state index in [0.29, 0.717) is 12.8 Å². The Bertz CT molecular complexity index is 340. The average molecular weight is 239 g/mol. The summed E-state index contributed by atoms with van der Waals surface area (Å²) in [6.45, 7) is 4.16. The summed E-state index contributed by atoms with van der Waals surface area (Å²) in [7, 11) is 0. The molecule has 1 heterocycles. The first kappa shape index (κ1) is 12.2. The maximum atomic E-state index is 12.6. The Hall–Kier alpha value is -1.26. The molecule has 1 saturated heterocycles. The molecule has 1 aliphatic heterocycles. The highest BCUT2D eigenvalue weighted by Gasteiger charge is 2.57. The quantitative estimate of drug-likeness (QED) is 0.330. The number of amides is 1. The van der Waals surface area contributed by atoms with Gasteiger partial charge in [-0.25, -0.2) is 0 Å². The normalized spacial score (nSPS) is 32.4. The Morgan fingerprint density at radius 3 is 2.29 bits per heavy atom. The van der Waals surface area contributed by atoms with Gasteiger partial charge in [-0.2, -0.15) is 0 Å². The van der Waals surface area contributed by atoms with E-state index in [-0.39, 0.29) is 23.8 Å². The predicted octanol–water partition coefficient (Wildman–Crippen LogP) is 1.30. The van der Waals surface area contributed by atoms with E-state index in [1.807, 2.05) is 4.90 Å². The summed E-state index contributed by atoms with van der Waals surface area (Å²) in [5.74, 6) is 0.125. The fourth-order valence-electron chi connectivity index (χ4n) is 2.87. The van der Waals surface area contributed by atoms with E-state index in [2.05, 4.69) is 19.0 Å². The predicted molar refractivity (Wildman–Crippen MR) is 64.7 cm³/mol. The molecule has 1 amide bonds. The summed E-state index contributed by atoms with van der Waals surface area (Å²) in [6.07, 6.45) is 4.67. The highest BCUT2D eigenvalue weighted by atomic mass is 16.4. The van der Waals surface area contributed by atoms with Gasteiger partial charge in [0.2, 0.25) is 5.91 Å². The number of rotatable bonds is 2. The lowest BCUT2D eigenvalue weighted by Gasteiger charge is -2.41. The van der Waals surface area contributed by atoms with Gasteiger partial charge in [0.15, 0.2) is 5.84 Å². The number of piperidine rings is 1. The molecule has 0 bridgehead atoms. The van der Waals surface area contributed by atoms with Gasteiger partial charge in [0.25, 0.3) is 0 Å². The molecule has 1 aliphatic carbocycles. The van der Waals surface area contributed by atoms with Crippen LogP contribution < -0.4 is 5.73 Å². The first-order valence-corrected chi connectivity index (χ1v) is 6.33. The summed E-state index contributed by atoms with van der Waals surface area (Å²) in [5.41, 5.74) is 4.96. The first-order chi connectivity index (χ1) is 8.03. The number of oxime groups is 1. The van der Waals surface area contributed by atoms with Crippen LogP contribution in [0.15, 0.2) is 5.16 Å². The van der Waals surface area contributed by atoms with Crippen LogP contribution in [0.25, 0.3) is 0 Å². The number of likely N-dealkylation sites (tertiary alicyclic amines) is 1. The van der Waals surface area contributed by atoms with Crippen molar-refractivity contribution in [3.05, 3.63) is 0 Å². The van der Waals surface area contributed by atoms with Crippen LogP contribution in [0.3, 0.4) is 0 Å². The third kappa shape index (κ3) is 1.87. The molecular formula is C12H21N3O2. The first-order valence-electron chi connectivity index (χ1n) is 6.33. The second kappa shape index (κ2) is 4.20. The van der Waals surface area contributed by atoms with Crippen molar-refractivity contribution >= 4 is 11.7 Å². The minimum absolute atomic E-state index is 0.0486. The van der Waals surface area contributed by atoms with Gasteiger partial charge in [0.1, 0.15) is 5.41 Å². The van der Waals surface area contributed by atoms with Gasteiger partial charge in [-0.1, -0.05) is 5.16 Å². The minimum Gasteiger partial charge on any atom is -0.409 e. The highest BCUT2D eigenvalue weighted by molar-refractivity contribution is 6.09. The lowest BCUT2D eigenvalue weighted by molar-refractivity contribution is -0.140. The monoisotopic (exact) mass is 239 g/mol. The number of carbonyl (C=O) groups is 1. The number of hydrogen-bond donors (Lipinski definition) is 2. The third-order valence-corrected chi connectivity index (χ3v) is 4.19. The van der Waals surface area contributed by atoms with E-state index in [4.69, 9.17) is 10.9 Å². The fraction of sp³-hybridized carbons (Fsp3) is 0.833. The molecule has 2 rings (SSSR count). The lowest BCUT2D eigenvalue weighted by Crippen LogP contribution is -2.53. The summed E-state index contributed by atoms with van der Waals surface area (Å²) in [4.78, 5) is 14.5. The third-order valence-electron chi connectivity index (χ3n) is 4.19. The number of amidine groups is 1. The number of nitrogens with two attached hydrogens (primary N) is 1. The SMILES string of the molecule is CC1CCCC(C)N1C(=O)C1(C(N)=NO)CC1. The standard InChI is InChI=1S/C12H21N3O2/c1-8-4-3-5-9(2)15(8)11(16)12(6-7-12)10(13)14-17/h8-9,17H,3-7H2,1-2H3,(H2,13,14). The maximum absolute atomic E-state index is 12.6. The van der Waals surface area contributed by atoms with Crippen molar-refractivity contribution in [1.29, 1.82) is 0 Å². The molecule has 5 nitrogen and oxygen atoms in total. The Balaban J connectivity index is 2.19. The molecule has 0 aromatic rings. The molecule has 2 atom stereocenters. The van der Waals surface area contributed by atoms with Crippen molar-refractivity contribution in [2.24, 2.45) is 16.3 Å². The zero-order valence-corrected chi connectivity index (χ0v) is 10.5. The highest BCUT2D eigenvalue weighted by Crippen LogP contribution is 2.48. The lowest BCUT2D eigenvalue weighted by atomic mass is 9.93. The average Bonchev–Trinajstić information content (AvgIpc) is 3.08. The maximum Gasteiger partial charge on any atom is 0.237 e. The van der Waals surface area contributed by atoms with E-state index in [1.54, 1.807) is 0 Å². The van der Waals surface area contributed by atoms with E-state index in [1.165, 1.54) is 6.42 Å². The topological polar surface area (TPSA) is 78.9 Å². The van der Waals surface area contributed by atoms with Crippen LogP contribution in [0, 0.1) is 5.41 Å². The molecule has 0 aromatic carbocycles. The van der Waals surface area contributed by atoms with Gasteiger partial charge in [0.05, 0.1) is 0 Å². The van der Waals surface area contributed by atoms with E-state index >= 15 is 0 Å². The van der Waals surface area contributed by atoms with Gasteiger partial charge >= 0.3 is 0 Å². The van der Waals surface area contributed by atoms with Gasteiger partial charge in [0, 0.05) is 12.1 Å². The van der Waals surface area contributed by atoms with Crippen molar-refractivity contribution in [1.82, 2.24) is 4.90 Å². The Labute approximate surface area is 102 Å². The van der Waals surface area contributed by atoms with Gasteiger partial charge < -0.3 is 15.8 Å². The van der Waals surface area contributed by atoms with Crippen LogP contribution >= 0.6 is 0 Å². The second-order valence-electron chi connectivity index (χ2n) is 5.41. The van der Waals surface area contributed by atoms with Crippen LogP contribution in [0.4, 0.5) is 0 Å². The fourth-order valence-corrected chi connectivity index (χ4v) is 2.87. The molecule has 96 valence electrons. The smallest absolute Gasteiger partial charge is 0.237 e. The van der Waals surface area contributed by atoms with E-state index in [9.17, 15) is 4.79 Å². The Kier molecular flexibility index (Phi) is 3.02. The molecule has 0 spiro atoms. The molecule has 0 aromatic heterocycles. The van der Waals surface area contributed by atoms with E-state index in [0.717, 1.165) is 12.8 Å². The van der Waals surface area contributed by atoms with Crippen molar-refractivity contribution in [3.8, 4) is 0 Å². The zero-order chi connectivity index (χ0) is 12.6. The van der Waals surface area contributed by atoms with Crippen molar-refractivity contribution in [2.75, 3.05) is 0 Å². The molecule has 2 aliphatic rings. The van der Waals surface area contributed by atoms with Crippen LogP contribution in [-0.4, -0.2) is 33.9 Å².